The van der Waals surface area contributed by atoms with Gasteiger partial charge >= 0.3 is 12.1 Å². The van der Waals surface area contributed by atoms with Crippen LogP contribution in [0.15, 0.2) is 18.2 Å². The molecule has 0 bridgehead atoms. The molecular formula is C11H11NO4. The largest absolute Gasteiger partial charge is 0.462 e. The average molecular weight is 221 g/mol. The molecule has 1 aliphatic heterocycles. The van der Waals surface area contributed by atoms with Gasteiger partial charge in [0.1, 0.15) is 6.61 Å². The van der Waals surface area contributed by atoms with Crippen molar-refractivity contribution in [1.29, 1.82) is 0 Å². The molecule has 0 saturated heterocycles. The summed E-state index contributed by atoms with van der Waals surface area (Å²) in [7, 11) is 0. The Hall–Kier alpha value is -2.04. The second-order valence-electron chi connectivity index (χ2n) is 3.25. The minimum absolute atomic E-state index is 0.0934. The molecule has 0 saturated carbocycles. The van der Waals surface area contributed by atoms with Gasteiger partial charge in [-0.25, -0.2) is 9.59 Å². The van der Waals surface area contributed by atoms with Gasteiger partial charge in [0.25, 0.3) is 0 Å². The highest BCUT2D eigenvalue weighted by atomic mass is 16.6. The van der Waals surface area contributed by atoms with Crippen molar-refractivity contribution < 1.29 is 19.1 Å². The van der Waals surface area contributed by atoms with Crippen LogP contribution in [-0.4, -0.2) is 18.7 Å². The minimum Gasteiger partial charge on any atom is -0.462 e. The van der Waals surface area contributed by atoms with Crippen molar-refractivity contribution in [3.8, 4) is 0 Å². The number of carbonyl (C=O) groups is 2. The number of anilines is 1. The van der Waals surface area contributed by atoms with E-state index < -0.39 is 12.1 Å². The fourth-order valence-corrected chi connectivity index (χ4v) is 1.54. The van der Waals surface area contributed by atoms with Gasteiger partial charge in [0.2, 0.25) is 0 Å². The van der Waals surface area contributed by atoms with Crippen LogP contribution in [0.4, 0.5) is 10.5 Å². The van der Waals surface area contributed by atoms with Crippen molar-refractivity contribution >= 4 is 17.7 Å². The van der Waals surface area contributed by atoms with Crippen LogP contribution >= 0.6 is 0 Å². The second-order valence-corrected chi connectivity index (χ2v) is 3.25. The molecule has 84 valence electrons. The quantitative estimate of drug-likeness (QED) is 0.775. The standard InChI is InChI=1S/C11H11NO4/c1-2-15-10(13)7-4-3-5-9-8(7)6-16-11(14)12-9/h3-5H,2,6H2,1H3,(H,12,14). The van der Waals surface area contributed by atoms with Gasteiger partial charge in [-0.2, -0.15) is 0 Å². The van der Waals surface area contributed by atoms with Gasteiger partial charge in [0.15, 0.2) is 0 Å². The maximum atomic E-state index is 11.6. The predicted molar refractivity (Wildman–Crippen MR) is 56.2 cm³/mol. The lowest BCUT2D eigenvalue weighted by Gasteiger charge is -2.19. The molecule has 2 rings (SSSR count). The average Bonchev–Trinajstić information content (AvgIpc) is 2.28. The van der Waals surface area contributed by atoms with Gasteiger partial charge in [0.05, 0.1) is 17.9 Å². The molecule has 0 aromatic heterocycles. The first-order valence-electron chi connectivity index (χ1n) is 4.95. The Balaban J connectivity index is 2.37. The Kier molecular flexibility index (Phi) is 2.76. The second kappa shape index (κ2) is 4.22. The molecule has 1 heterocycles. The summed E-state index contributed by atoms with van der Waals surface area (Å²) >= 11 is 0. The molecule has 0 spiro atoms. The molecule has 0 fully saturated rings. The molecule has 0 radical (unpaired) electrons. The number of carbonyl (C=O) groups excluding carboxylic acids is 2. The molecule has 0 unspecified atom stereocenters. The highest BCUT2D eigenvalue weighted by Gasteiger charge is 2.22. The van der Waals surface area contributed by atoms with Crippen LogP contribution in [0.25, 0.3) is 0 Å². The van der Waals surface area contributed by atoms with Gasteiger partial charge in [-0.3, -0.25) is 5.32 Å². The highest BCUT2D eigenvalue weighted by molar-refractivity contribution is 5.96. The van der Waals surface area contributed by atoms with Gasteiger partial charge in [-0.1, -0.05) is 6.07 Å². The Morgan fingerprint density at radius 2 is 2.38 bits per heavy atom. The summed E-state index contributed by atoms with van der Waals surface area (Å²) < 4.78 is 9.73. The molecule has 1 aliphatic rings. The molecule has 1 N–H and O–H groups in total. The monoisotopic (exact) mass is 221 g/mol. The lowest BCUT2D eigenvalue weighted by atomic mass is 10.1. The molecule has 1 aromatic rings. The number of fused-ring (bicyclic) bond motifs is 1. The first-order valence-corrected chi connectivity index (χ1v) is 4.95. The van der Waals surface area contributed by atoms with E-state index in [9.17, 15) is 9.59 Å². The van der Waals surface area contributed by atoms with Crippen molar-refractivity contribution in [3.63, 3.8) is 0 Å². The van der Waals surface area contributed by atoms with E-state index in [0.717, 1.165) is 0 Å². The third kappa shape index (κ3) is 1.84. The lowest BCUT2D eigenvalue weighted by Crippen LogP contribution is -2.22. The molecule has 0 atom stereocenters. The van der Waals surface area contributed by atoms with Crippen molar-refractivity contribution in [2.24, 2.45) is 0 Å². The number of nitrogens with one attached hydrogen (secondary N) is 1. The first kappa shape index (κ1) is 10.5. The van der Waals surface area contributed by atoms with E-state index in [1.807, 2.05) is 0 Å². The summed E-state index contributed by atoms with van der Waals surface area (Å²) in [5.74, 6) is -0.404. The van der Waals surface area contributed by atoms with E-state index in [1.165, 1.54) is 0 Å². The SMILES string of the molecule is CCOC(=O)c1cccc2c1COC(=O)N2. The smallest absolute Gasteiger partial charge is 0.411 e. The Labute approximate surface area is 92.4 Å². The number of hydrogen-bond donors (Lipinski definition) is 1. The van der Waals surface area contributed by atoms with Crippen LogP contribution in [0, 0.1) is 0 Å². The zero-order valence-electron chi connectivity index (χ0n) is 8.78. The number of cyclic esters (lactones) is 1. The van der Waals surface area contributed by atoms with Crippen LogP contribution in [0.1, 0.15) is 22.8 Å². The number of hydrogen-bond acceptors (Lipinski definition) is 4. The molecule has 5 nitrogen and oxygen atoms in total. The van der Waals surface area contributed by atoms with E-state index in [2.05, 4.69) is 5.32 Å². The molecular weight excluding hydrogens is 210 g/mol. The maximum absolute atomic E-state index is 11.6. The third-order valence-electron chi connectivity index (χ3n) is 2.26. The van der Waals surface area contributed by atoms with E-state index in [1.54, 1.807) is 25.1 Å². The molecule has 1 aromatic carbocycles. The van der Waals surface area contributed by atoms with E-state index in [4.69, 9.17) is 9.47 Å². The van der Waals surface area contributed by atoms with Crippen molar-refractivity contribution in [3.05, 3.63) is 29.3 Å². The van der Waals surface area contributed by atoms with Crippen LogP contribution in [-0.2, 0) is 16.1 Å². The predicted octanol–water partition coefficient (Wildman–Crippen LogP) is 1.93. The zero-order valence-corrected chi connectivity index (χ0v) is 8.78. The number of amides is 1. The summed E-state index contributed by atoms with van der Waals surface area (Å²) in [5, 5.41) is 2.53. The normalized spacial score (nSPS) is 13.4. The van der Waals surface area contributed by atoms with Crippen molar-refractivity contribution in [2.45, 2.75) is 13.5 Å². The number of ether oxygens (including phenoxy) is 2. The fourth-order valence-electron chi connectivity index (χ4n) is 1.54. The number of benzene rings is 1. The fraction of sp³-hybridized carbons (Fsp3) is 0.273. The molecule has 1 amide bonds. The van der Waals surface area contributed by atoms with Gasteiger partial charge in [0, 0.05) is 5.56 Å². The summed E-state index contributed by atoms with van der Waals surface area (Å²) in [4.78, 5) is 22.6. The Bertz CT molecular complexity index is 442. The van der Waals surface area contributed by atoms with Crippen LogP contribution < -0.4 is 5.32 Å². The third-order valence-corrected chi connectivity index (χ3v) is 2.26. The van der Waals surface area contributed by atoms with Crippen LogP contribution in [0.2, 0.25) is 0 Å². The minimum atomic E-state index is -0.506. The highest BCUT2D eigenvalue weighted by Crippen LogP contribution is 2.25. The van der Waals surface area contributed by atoms with E-state index in [0.29, 0.717) is 23.4 Å². The van der Waals surface area contributed by atoms with Crippen LogP contribution in [0.3, 0.4) is 0 Å². The zero-order chi connectivity index (χ0) is 11.5. The Morgan fingerprint density at radius 1 is 1.56 bits per heavy atom. The molecule has 0 aliphatic carbocycles. The van der Waals surface area contributed by atoms with E-state index >= 15 is 0 Å². The van der Waals surface area contributed by atoms with Crippen LogP contribution in [0.5, 0.6) is 0 Å². The summed E-state index contributed by atoms with van der Waals surface area (Å²) in [6.07, 6.45) is -0.506. The van der Waals surface area contributed by atoms with E-state index in [-0.39, 0.29) is 6.61 Å². The van der Waals surface area contributed by atoms with Gasteiger partial charge in [-0.15, -0.1) is 0 Å². The van der Waals surface area contributed by atoms with Gasteiger partial charge in [-0.05, 0) is 19.1 Å². The van der Waals surface area contributed by atoms with Gasteiger partial charge < -0.3 is 9.47 Å². The lowest BCUT2D eigenvalue weighted by molar-refractivity contribution is 0.0521. The summed E-state index contributed by atoms with van der Waals surface area (Å²) in [6.45, 7) is 2.15. The Morgan fingerprint density at radius 3 is 3.12 bits per heavy atom. The van der Waals surface area contributed by atoms with Crippen molar-refractivity contribution in [1.82, 2.24) is 0 Å². The summed E-state index contributed by atoms with van der Waals surface area (Å²) in [6, 6.07) is 5.06. The van der Waals surface area contributed by atoms with Crippen molar-refractivity contribution in [2.75, 3.05) is 11.9 Å². The first-order chi connectivity index (χ1) is 7.72. The molecule has 16 heavy (non-hydrogen) atoms. The number of rotatable bonds is 2. The molecule has 5 heteroatoms. The number of esters is 1. The topological polar surface area (TPSA) is 64.6 Å². The maximum Gasteiger partial charge on any atom is 0.411 e. The summed E-state index contributed by atoms with van der Waals surface area (Å²) in [5.41, 5.74) is 1.68.